The third-order valence-electron chi connectivity index (χ3n) is 7.62. The number of nitrogens with zero attached hydrogens (tertiary/aromatic N) is 2. The van der Waals surface area contributed by atoms with Gasteiger partial charge in [-0.15, -0.1) is 0 Å². The summed E-state index contributed by atoms with van der Waals surface area (Å²) in [6.45, 7) is 10.7. The van der Waals surface area contributed by atoms with Gasteiger partial charge in [0.1, 0.15) is 0 Å². The number of rotatable bonds is 6. The van der Waals surface area contributed by atoms with E-state index in [1.165, 1.54) is 22.5 Å². The molecule has 0 bridgehead atoms. The summed E-state index contributed by atoms with van der Waals surface area (Å²) in [6.07, 6.45) is 5.35. The van der Waals surface area contributed by atoms with Crippen molar-refractivity contribution in [3.8, 4) is 0 Å². The van der Waals surface area contributed by atoms with Gasteiger partial charge in [-0.05, 0) is 74.1 Å². The van der Waals surface area contributed by atoms with Crippen molar-refractivity contribution in [2.45, 2.75) is 90.2 Å². The average Bonchev–Trinajstić information content (AvgIpc) is 3.36. The molecule has 180 valence electrons. The van der Waals surface area contributed by atoms with Crippen LogP contribution < -0.4 is 0 Å². The number of benzene rings is 1. The van der Waals surface area contributed by atoms with Crippen LogP contribution in [0.4, 0.5) is 0 Å². The first kappa shape index (κ1) is 23.1. The Morgan fingerprint density at radius 3 is 2.52 bits per heavy atom. The van der Waals surface area contributed by atoms with E-state index in [0.717, 1.165) is 37.7 Å². The van der Waals surface area contributed by atoms with Gasteiger partial charge in [0.15, 0.2) is 12.6 Å². The summed E-state index contributed by atoms with van der Waals surface area (Å²) in [7, 11) is -3.47. The fourth-order valence-electron chi connectivity index (χ4n) is 5.75. The van der Waals surface area contributed by atoms with Crippen molar-refractivity contribution < 1.29 is 17.9 Å². The minimum absolute atomic E-state index is 0.136. The largest absolute Gasteiger partial charge is 0.343 e. The second-order valence-electron chi connectivity index (χ2n) is 10.6. The summed E-state index contributed by atoms with van der Waals surface area (Å²) in [5.74, 6) is 0. The van der Waals surface area contributed by atoms with E-state index >= 15 is 0 Å². The molecule has 2 aliphatic heterocycles. The molecule has 0 atom stereocenters. The second-order valence-corrected chi connectivity index (χ2v) is 12.5. The molecule has 0 saturated carbocycles. The standard InChI is InChI=1S/C26H36N2O4S/c1-18-21(15-20-9-5-6-10-24(20)33(29,30)27-13-7-8-14-27)22-16-26(3,4)12-11-23(22)28(18)17-25-31-19(2)32-25/h5-6,9-10,19,25H,7-8,11-17H2,1-4H3. The summed E-state index contributed by atoms with van der Waals surface area (Å²) < 4.78 is 42.4. The molecule has 1 aromatic carbocycles. The van der Waals surface area contributed by atoms with Gasteiger partial charge in [-0.1, -0.05) is 32.0 Å². The molecule has 0 unspecified atom stereocenters. The second kappa shape index (κ2) is 8.52. The van der Waals surface area contributed by atoms with Gasteiger partial charge in [-0.3, -0.25) is 0 Å². The van der Waals surface area contributed by atoms with Crippen molar-refractivity contribution in [1.82, 2.24) is 8.87 Å². The van der Waals surface area contributed by atoms with Crippen molar-refractivity contribution in [3.05, 3.63) is 52.3 Å². The van der Waals surface area contributed by atoms with E-state index in [1.54, 1.807) is 10.4 Å². The maximum atomic E-state index is 13.4. The monoisotopic (exact) mass is 472 g/mol. The predicted molar refractivity (Wildman–Crippen MR) is 128 cm³/mol. The predicted octanol–water partition coefficient (Wildman–Crippen LogP) is 4.41. The Morgan fingerprint density at radius 2 is 1.82 bits per heavy atom. The Hall–Kier alpha value is -1.67. The van der Waals surface area contributed by atoms with Crippen LogP contribution in [0.2, 0.25) is 0 Å². The summed E-state index contributed by atoms with van der Waals surface area (Å²) in [5.41, 5.74) is 6.37. The molecule has 2 fully saturated rings. The Kier molecular flexibility index (Phi) is 5.96. The average molecular weight is 473 g/mol. The van der Waals surface area contributed by atoms with E-state index in [4.69, 9.17) is 9.47 Å². The molecule has 1 aliphatic carbocycles. The lowest BCUT2D eigenvalue weighted by Gasteiger charge is -2.35. The first-order valence-corrected chi connectivity index (χ1v) is 13.7. The van der Waals surface area contributed by atoms with Gasteiger partial charge in [0.25, 0.3) is 0 Å². The van der Waals surface area contributed by atoms with Crippen LogP contribution in [0.1, 0.15) is 68.1 Å². The number of sulfonamides is 1. The number of fused-ring (bicyclic) bond motifs is 1. The molecule has 5 rings (SSSR count). The van der Waals surface area contributed by atoms with Crippen LogP contribution in [-0.2, 0) is 45.3 Å². The molecule has 2 aromatic rings. The van der Waals surface area contributed by atoms with Crippen LogP contribution in [-0.4, -0.2) is 43.0 Å². The smallest absolute Gasteiger partial charge is 0.243 e. The lowest BCUT2D eigenvalue weighted by molar-refractivity contribution is -0.379. The number of aromatic nitrogens is 1. The van der Waals surface area contributed by atoms with Gasteiger partial charge in [0.2, 0.25) is 10.0 Å². The van der Waals surface area contributed by atoms with Crippen molar-refractivity contribution in [3.63, 3.8) is 0 Å². The Morgan fingerprint density at radius 1 is 1.12 bits per heavy atom. The van der Waals surface area contributed by atoms with E-state index in [9.17, 15) is 8.42 Å². The van der Waals surface area contributed by atoms with Gasteiger partial charge in [-0.25, -0.2) is 8.42 Å². The SMILES string of the molecule is Cc1c(Cc2ccccc2S(=O)(=O)N2CCCC2)c2c(n1CC1OC(C)O1)CCC(C)(C)C2. The van der Waals surface area contributed by atoms with E-state index in [0.29, 0.717) is 31.0 Å². The van der Waals surface area contributed by atoms with Gasteiger partial charge in [0.05, 0.1) is 11.4 Å². The maximum absolute atomic E-state index is 13.4. The molecular weight excluding hydrogens is 436 g/mol. The highest BCUT2D eigenvalue weighted by Crippen LogP contribution is 2.40. The van der Waals surface area contributed by atoms with Crippen molar-refractivity contribution in [1.29, 1.82) is 0 Å². The van der Waals surface area contributed by atoms with Gasteiger partial charge in [-0.2, -0.15) is 4.31 Å². The molecule has 3 aliphatic rings. The topological polar surface area (TPSA) is 60.8 Å². The Bertz CT molecular complexity index is 1140. The normalized spacial score (nSPS) is 25.1. The summed E-state index contributed by atoms with van der Waals surface area (Å²) >= 11 is 0. The molecular formula is C26H36N2O4S. The fourth-order valence-corrected chi connectivity index (χ4v) is 7.49. The highest BCUT2D eigenvalue weighted by atomic mass is 32.2. The lowest BCUT2D eigenvalue weighted by atomic mass is 9.75. The first-order chi connectivity index (χ1) is 15.7. The quantitative estimate of drug-likeness (QED) is 0.625. The first-order valence-electron chi connectivity index (χ1n) is 12.2. The number of ether oxygens (including phenoxy) is 2. The van der Waals surface area contributed by atoms with E-state index in [2.05, 4.69) is 25.3 Å². The van der Waals surface area contributed by atoms with Crippen LogP contribution in [0, 0.1) is 12.3 Å². The summed E-state index contributed by atoms with van der Waals surface area (Å²) in [4.78, 5) is 0.461. The van der Waals surface area contributed by atoms with Crippen LogP contribution in [0.5, 0.6) is 0 Å². The van der Waals surface area contributed by atoms with Crippen molar-refractivity contribution in [2.75, 3.05) is 13.1 Å². The molecule has 2 saturated heterocycles. The molecule has 0 spiro atoms. The van der Waals surface area contributed by atoms with E-state index < -0.39 is 10.0 Å². The van der Waals surface area contributed by atoms with Gasteiger partial charge < -0.3 is 14.0 Å². The third-order valence-corrected chi connectivity index (χ3v) is 9.61. The van der Waals surface area contributed by atoms with E-state index in [1.807, 2.05) is 25.1 Å². The minimum Gasteiger partial charge on any atom is -0.343 e. The van der Waals surface area contributed by atoms with Crippen LogP contribution in [0.15, 0.2) is 29.2 Å². The zero-order valence-corrected chi connectivity index (χ0v) is 21.1. The molecule has 0 radical (unpaired) electrons. The van der Waals surface area contributed by atoms with Crippen LogP contribution in [0.3, 0.4) is 0 Å². The highest BCUT2D eigenvalue weighted by molar-refractivity contribution is 7.89. The Balaban J connectivity index is 1.54. The van der Waals surface area contributed by atoms with Gasteiger partial charge >= 0.3 is 0 Å². The molecule has 6 nitrogen and oxygen atoms in total. The highest BCUT2D eigenvalue weighted by Gasteiger charge is 2.35. The van der Waals surface area contributed by atoms with Crippen LogP contribution >= 0.6 is 0 Å². The summed E-state index contributed by atoms with van der Waals surface area (Å²) in [6, 6.07) is 7.57. The van der Waals surface area contributed by atoms with E-state index in [-0.39, 0.29) is 18.0 Å². The zero-order chi connectivity index (χ0) is 23.4. The molecule has 7 heteroatoms. The fraction of sp³-hybridized carbons (Fsp3) is 0.615. The zero-order valence-electron chi connectivity index (χ0n) is 20.3. The minimum atomic E-state index is -3.47. The number of hydrogen-bond acceptors (Lipinski definition) is 4. The lowest BCUT2D eigenvalue weighted by Crippen LogP contribution is -2.42. The maximum Gasteiger partial charge on any atom is 0.243 e. The molecule has 0 N–H and O–H groups in total. The molecule has 33 heavy (non-hydrogen) atoms. The molecule has 0 amide bonds. The molecule has 1 aromatic heterocycles. The van der Waals surface area contributed by atoms with Gasteiger partial charge in [0, 0.05) is 30.9 Å². The third kappa shape index (κ3) is 4.29. The molecule has 3 heterocycles. The number of hydrogen-bond donors (Lipinski definition) is 0. The van der Waals surface area contributed by atoms with Crippen LogP contribution in [0.25, 0.3) is 0 Å². The summed E-state index contributed by atoms with van der Waals surface area (Å²) in [5, 5.41) is 0. The Labute approximate surface area is 197 Å². The van der Waals surface area contributed by atoms with Crippen molar-refractivity contribution in [2.24, 2.45) is 5.41 Å². The van der Waals surface area contributed by atoms with Crippen molar-refractivity contribution >= 4 is 10.0 Å².